The standard InChI is InChI=1S/C10H21N/c1-5-7-9-11-10(3,4)8-6-2/h6,8,11H,5,7,9H2,1-4H3/b8-6-. The van der Waals surface area contributed by atoms with Crippen molar-refractivity contribution in [2.24, 2.45) is 0 Å². The molecule has 0 atom stereocenters. The highest BCUT2D eigenvalue weighted by Gasteiger charge is 2.09. The van der Waals surface area contributed by atoms with Gasteiger partial charge in [0.05, 0.1) is 0 Å². The molecule has 0 fully saturated rings. The fraction of sp³-hybridized carbons (Fsp3) is 0.800. The van der Waals surface area contributed by atoms with Gasteiger partial charge in [0.25, 0.3) is 0 Å². The van der Waals surface area contributed by atoms with Gasteiger partial charge in [0.2, 0.25) is 0 Å². The van der Waals surface area contributed by atoms with Crippen LogP contribution in [0.3, 0.4) is 0 Å². The number of rotatable bonds is 5. The third-order valence-electron chi connectivity index (χ3n) is 1.69. The molecule has 66 valence electrons. The van der Waals surface area contributed by atoms with Crippen LogP contribution in [0.15, 0.2) is 12.2 Å². The molecule has 0 saturated carbocycles. The number of nitrogens with one attached hydrogen (secondary N) is 1. The van der Waals surface area contributed by atoms with Gasteiger partial charge in [-0.2, -0.15) is 0 Å². The third-order valence-corrected chi connectivity index (χ3v) is 1.69. The molecule has 0 aromatic heterocycles. The van der Waals surface area contributed by atoms with Crippen molar-refractivity contribution in [3.05, 3.63) is 12.2 Å². The van der Waals surface area contributed by atoms with Crippen molar-refractivity contribution < 1.29 is 0 Å². The minimum atomic E-state index is 0.171. The van der Waals surface area contributed by atoms with Crippen LogP contribution in [0.4, 0.5) is 0 Å². The van der Waals surface area contributed by atoms with E-state index in [4.69, 9.17) is 0 Å². The van der Waals surface area contributed by atoms with E-state index in [-0.39, 0.29) is 5.54 Å². The molecule has 0 aliphatic heterocycles. The second-order valence-corrected chi connectivity index (χ2v) is 3.50. The van der Waals surface area contributed by atoms with Crippen LogP contribution in [0.5, 0.6) is 0 Å². The second-order valence-electron chi connectivity index (χ2n) is 3.50. The van der Waals surface area contributed by atoms with Gasteiger partial charge in [-0.15, -0.1) is 0 Å². The van der Waals surface area contributed by atoms with Gasteiger partial charge < -0.3 is 5.32 Å². The van der Waals surface area contributed by atoms with Gasteiger partial charge >= 0.3 is 0 Å². The van der Waals surface area contributed by atoms with E-state index in [2.05, 4.69) is 45.2 Å². The topological polar surface area (TPSA) is 12.0 Å². The van der Waals surface area contributed by atoms with E-state index in [1.165, 1.54) is 12.8 Å². The van der Waals surface area contributed by atoms with E-state index in [1.54, 1.807) is 0 Å². The molecule has 0 bridgehead atoms. The van der Waals surface area contributed by atoms with Gasteiger partial charge in [-0.05, 0) is 33.7 Å². The number of hydrogen-bond donors (Lipinski definition) is 1. The van der Waals surface area contributed by atoms with Crippen molar-refractivity contribution >= 4 is 0 Å². The zero-order chi connectivity index (χ0) is 8.74. The van der Waals surface area contributed by atoms with Gasteiger partial charge in [-0.1, -0.05) is 25.5 Å². The largest absolute Gasteiger partial charge is 0.308 e. The third kappa shape index (κ3) is 6.11. The van der Waals surface area contributed by atoms with Gasteiger partial charge in [0, 0.05) is 5.54 Å². The minimum Gasteiger partial charge on any atom is -0.308 e. The van der Waals surface area contributed by atoms with Crippen LogP contribution in [-0.4, -0.2) is 12.1 Å². The number of hydrogen-bond acceptors (Lipinski definition) is 1. The molecule has 1 nitrogen and oxygen atoms in total. The lowest BCUT2D eigenvalue weighted by Gasteiger charge is -2.21. The van der Waals surface area contributed by atoms with E-state index in [0.717, 1.165) is 6.54 Å². The lowest BCUT2D eigenvalue weighted by atomic mass is 10.1. The molecule has 0 aliphatic rings. The Hall–Kier alpha value is -0.300. The van der Waals surface area contributed by atoms with Crippen molar-refractivity contribution in [1.29, 1.82) is 0 Å². The Balaban J connectivity index is 3.55. The molecule has 0 aromatic carbocycles. The normalized spacial score (nSPS) is 12.7. The Labute approximate surface area is 70.9 Å². The van der Waals surface area contributed by atoms with Crippen molar-refractivity contribution in [2.75, 3.05) is 6.54 Å². The van der Waals surface area contributed by atoms with E-state index in [1.807, 2.05) is 0 Å². The zero-order valence-electron chi connectivity index (χ0n) is 8.28. The van der Waals surface area contributed by atoms with Crippen LogP contribution in [0.2, 0.25) is 0 Å². The molecule has 0 rings (SSSR count). The lowest BCUT2D eigenvalue weighted by molar-refractivity contribution is 0.466. The highest BCUT2D eigenvalue weighted by Crippen LogP contribution is 2.03. The smallest absolute Gasteiger partial charge is 0.0307 e. The SMILES string of the molecule is C/C=C\C(C)(C)NCCCC. The molecular formula is C10H21N. The van der Waals surface area contributed by atoms with Crippen LogP contribution in [-0.2, 0) is 0 Å². The summed E-state index contributed by atoms with van der Waals surface area (Å²) < 4.78 is 0. The van der Waals surface area contributed by atoms with Crippen molar-refractivity contribution in [3.8, 4) is 0 Å². The first-order valence-electron chi connectivity index (χ1n) is 4.51. The first-order chi connectivity index (χ1) is 5.12. The summed E-state index contributed by atoms with van der Waals surface area (Å²) in [6.45, 7) is 9.78. The van der Waals surface area contributed by atoms with Crippen molar-refractivity contribution in [1.82, 2.24) is 5.32 Å². The van der Waals surface area contributed by atoms with Crippen LogP contribution in [0, 0.1) is 0 Å². The Kier molecular flexibility index (Phi) is 5.22. The summed E-state index contributed by atoms with van der Waals surface area (Å²) in [6.07, 6.45) is 6.82. The minimum absolute atomic E-state index is 0.171. The van der Waals surface area contributed by atoms with Gasteiger partial charge in [0.15, 0.2) is 0 Å². The monoisotopic (exact) mass is 155 g/mol. The average Bonchev–Trinajstić information content (AvgIpc) is 1.87. The van der Waals surface area contributed by atoms with E-state index in [0.29, 0.717) is 0 Å². The number of allylic oxidation sites excluding steroid dienone is 1. The van der Waals surface area contributed by atoms with Crippen molar-refractivity contribution in [2.45, 2.75) is 46.1 Å². The molecule has 0 unspecified atom stereocenters. The van der Waals surface area contributed by atoms with Gasteiger partial charge in [0.1, 0.15) is 0 Å². The molecule has 0 aromatic rings. The van der Waals surface area contributed by atoms with E-state index < -0.39 is 0 Å². The summed E-state index contributed by atoms with van der Waals surface area (Å²) in [7, 11) is 0. The number of unbranched alkanes of at least 4 members (excludes halogenated alkanes) is 1. The first kappa shape index (κ1) is 10.7. The van der Waals surface area contributed by atoms with E-state index in [9.17, 15) is 0 Å². The van der Waals surface area contributed by atoms with Crippen LogP contribution in [0.1, 0.15) is 40.5 Å². The molecule has 1 heteroatoms. The Morgan fingerprint density at radius 2 is 2.00 bits per heavy atom. The van der Waals surface area contributed by atoms with Crippen molar-refractivity contribution in [3.63, 3.8) is 0 Å². The molecule has 0 heterocycles. The molecule has 0 aliphatic carbocycles. The second kappa shape index (κ2) is 5.36. The van der Waals surface area contributed by atoms with Crippen LogP contribution < -0.4 is 5.32 Å². The average molecular weight is 155 g/mol. The Morgan fingerprint density at radius 1 is 1.36 bits per heavy atom. The Bertz CT molecular complexity index is 114. The van der Waals surface area contributed by atoms with Gasteiger partial charge in [-0.25, -0.2) is 0 Å². The Morgan fingerprint density at radius 3 is 2.45 bits per heavy atom. The predicted octanol–water partition coefficient (Wildman–Crippen LogP) is 2.73. The molecule has 0 radical (unpaired) electrons. The summed E-state index contributed by atoms with van der Waals surface area (Å²) in [5, 5.41) is 3.47. The quantitative estimate of drug-likeness (QED) is 0.475. The molecule has 1 N–H and O–H groups in total. The predicted molar refractivity (Wildman–Crippen MR) is 51.8 cm³/mol. The summed E-state index contributed by atoms with van der Waals surface area (Å²) in [5.74, 6) is 0. The molecule has 11 heavy (non-hydrogen) atoms. The van der Waals surface area contributed by atoms with Crippen LogP contribution in [0.25, 0.3) is 0 Å². The summed E-state index contributed by atoms with van der Waals surface area (Å²) in [4.78, 5) is 0. The maximum absolute atomic E-state index is 3.47. The molecule has 0 amide bonds. The molecular weight excluding hydrogens is 134 g/mol. The fourth-order valence-electron chi connectivity index (χ4n) is 1.06. The lowest BCUT2D eigenvalue weighted by Crippen LogP contribution is -2.37. The summed E-state index contributed by atoms with van der Waals surface area (Å²) >= 11 is 0. The summed E-state index contributed by atoms with van der Waals surface area (Å²) in [6, 6.07) is 0. The van der Waals surface area contributed by atoms with E-state index >= 15 is 0 Å². The first-order valence-corrected chi connectivity index (χ1v) is 4.51. The highest BCUT2D eigenvalue weighted by molar-refractivity contribution is 4.99. The maximum Gasteiger partial charge on any atom is 0.0307 e. The summed E-state index contributed by atoms with van der Waals surface area (Å²) in [5.41, 5.74) is 0.171. The zero-order valence-corrected chi connectivity index (χ0v) is 8.28. The molecule has 0 spiro atoms. The highest BCUT2D eigenvalue weighted by atomic mass is 14.9. The maximum atomic E-state index is 3.47. The van der Waals surface area contributed by atoms with Gasteiger partial charge in [-0.3, -0.25) is 0 Å². The molecule has 0 saturated heterocycles. The van der Waals surface area contributed by atoms with Crippen LogP contribution >= 0.6 is 0 Å². The fourth-order valence-corrected chi connectivity index (χ4v) is 1.06.